The molecule has 2 fully saturated rings. The van der Waals surface area contributed by atoms with Crippen LogP contribution in [0.4, 0.5) is 0 Å². The van der Waals surface area contributed by atoms with Crippen LogP contribution < -0.4 is 23.5 Å². The predicted octanol–water partition coefficient (Wildman–Crippen LogP) is -1.35. The van der Waals surface area contributed by atoms with Gasteiger partial charge in [0.25, 0.3) is 0 Å². The van der Waals surface area contributed by atoms with Gasteiger partial charge in [-0.1, -0.05) is 24.3 Å². The summed E-state index contributed by atoms with van der Waals surface area (Å²) in [6.07, 6.45) is -8.80. The van der Waals surface area contributed by atoms with E-state index in [4.69, 9.17) is 27.3 Å². The minimum atomic E-state index is -4.73. The Kier molecular flexibility index (Phi) is 10.6. The van der Waals surface area contributed by atoms with Crippen LogP contribution in [0.1, 0.15) is 23.8 Å². The summed E-state index contributed by atoms with van der Waals surface area (Å²) in [6.45, 7) is 0.562. The van der Waals surface area contributed by atoms with Gasteiger partial charge in [0.05, 0.1) is 19.3 Å². The summed E-state index contributed by atoms with van der Waals surface area (Å²) in [5.41, 5.74) is 0.414. The molecular formula is C29H34N2O15S. The molecule has 2 aliphatic heterocycles. The molecule has 5 rings (SSSR count). The molecule has 2 unspecified atom stereocenters. The molecular weight excluding hydrogens is 648 g/mol. The third-order valence-electron chi connectivity index (χ3n) is 7.41. The van der Waals surface area contributed by atoms with Crippen LogP contribution in [-0.4, -0.2) is 105 Å². The van der Waals surface area contributed by atoms with Crippen molar-refractivity contribution < 1.29 is 66.4 Å². The van der Waals surface area contributed by atoms with Crippen LogP contribution in [-0.2, 0) is 26.5 Å². The van der Waals surface area contributed by atoms with E-state index in [-0.39, 0.29) is 42.8 Å². The normalized spacial score (nSPS) is 27.7. The highest BCUT2D eigenvalue weighted by atomic mass is 32.3. The van der Waals surface area contributed by atoms with Crippen molar-refractivity contribution in [2.45, 2.75) is 69.1 Å². The first-order valence-electron chi connectivity index (χ1n) is 14.3. The highest BCUT2D eigenvalue weighted by molar-refractivity contribution is 7.82. The molecule has 3 aromatic rings. The van der Waals surface area contributed by atoms with Gasteiger partial charge in [0.1, 0.15) is 49.1 Å². The van der Waals surface area contributed by atoms with Crippen molar-refractivity contribution in [3.8, 4) is 23.1 Å². The van der Waals surface area contributed by atoms with Gasteiger partial charge in [0.15, 0.2) is 11.5 Å². The zero-order valence-electron chi connectivity index (χ0n) is 24.8. The maximum Gasteiger partial charge on any atom is 0.501 e. The second-order valence-corrected chi connectivity index (χ2v) is 12.0. The SMILES string of the molecule is Cc1cn([C@H]2CC(O)[C@@H](CO)O2)c(=O)nc1OCc1ccc(OS(=O)(=O)Oc2ccccc2OC2O[C@H](CO)[C@H](O)[C@H](O)[C@H]2O)cc1. The van der Waals surface area contributed by atoms with Crippen LogP contribution in [0.25, 0.3) is 0 Å². The number of ether oxygens (including phenoxy) is 4. The quantitative estimate of drug-likeness (QED) is 0.129. The lowest BCUT2D eigenvalue weighted by Gasteiger charge is -2.39. The third kappa shape index (κ3) is 8.00. The van der Waals surface area contributed by atoms with Crippen molar-refractivity contribution in [1.29, 1.82) is 0 Å². The molecule has 18 heteroatoms. The molecule has 0 spiro atoms. The highest BCUT2D eigenvalue weighted by Gasteiger charge is 2.45. The number of benzene rings is 2. The van der Waals surface area contributed by atoms with Gasteiger partial charge in [0.2, 0.25) is 12.2 Å². The van der Waals surface area contributed by atoms with E-state index in [0.29, 0.717) is 11.1 Å². The van der Waals surface area contributed by atoms with Crippen LogP contribution in [0.5, 0.6) is 23.1 Å². The van der Waals surface area contributed by atoms with E-state index in [2.05, 4.69) is 4.98 Å². The third-order valence-corrected chi connectivity index (χ3v) is 8.19. The van der Waals surface area contributed by atoms with Crippen molar-refractivity contribution in [3.63, 3.8) is 0 Å². The van der Waals surface area contributed by atoms with Crippen molar-refractivity contribution in [2.75, 3.05) is 13.2 Å². The van der Waals surface area contributed by atoms with Gasteiger partial charge >= 0.3 is 16.1 Å². The van der Waals surface area contributed by atoms with E-state index in [1.807, 2.05) is 0 Å². The number of nitrogens with zero attached hydrogens (tertiary/aromatic N) is 2. The topological polar surface area (TPSA) is 246 Å². The number of aliphatic hydroxyl groups is 6. The van der Waals surface area contributed by atoms with Gasteiger partial charge in [-0.2, -0.15) is 4.98 Å². The monoisotopic (exact) mass is 682 g/mol. The average molecular weight is 683 g/mol. The molecule has 1 aromatic heterocycles. The Morgan fingerprint density at radius 3 is 2.23 bits per heavy atom. The Labute approximate surface area is 268 Å². The average Bonchev–Trinajstić information content (AvgIpc) is 3.42. The zero-order chi connectivity index (χ0) is 33.9. The van der Waals surface area contributed by atoms with Crippen LogP contribution >= 0.6 is 0 Å². The van der Waals surface area contributed by atoms with Crippen LogP contribution in [0, 0.1) is 6.92 Å². The van der Waals surface area contributed by atoms with Gasteiger partial charge in [0, 0.05) is 18.2 Å². The lowest BCUT2D eigenvalue weighted by molar-refractivity contribution is -0.277. The molecule has 3 heterocycles. The summed E-state index contributed by atoms with van der Waals surface area (Å²) in [5.74, 6) is -0.610. The molecule has 2 aromatic carbocycles. The maximum atomic E-state index is 12.7. The van der Waals surface area contributed by atoms with Crippen molar-refractivity contribution in [2.24, 2.45) is 0 Å². The van der Waals surface area contributed by atoms with Gasteiger partial charge in [-0.15, -0.1) is 8.42 Å². The van der Waals surface area contributed by atoms with Crippen LogP contribution in [0.3, 0.4) is 0 Å². The Balaban J connectivity index is 1.19. The Morgan fingerprint density at radius 2 is 1.57 bits per heavy atom. The van der Waals surface area contributed by atoms with E-state index < -0.39 is 71.8 Å². The standard InChI is InChI=1S/C29H34N2O15S/c1-15-11-31(23-10-18(34)21(12-32)42-23)29(38)30-27(15)41-14-16-6-8-17(9-7-16)45-47(39,40)46-20-5-3-2-4-19(20)43-28-26(37)25(36)24(35)22(13-33)44-28/h2-9,11,18,21-26,28,32-37H,10,12-14H2,1H3/t18?,21-,22-,23-,24+,25+,26-,28?/m1/s1. The summed E-state index contributed by atoms with van der Waals surface area (Å²) in [7, 11) is -4.73. The number of hydrogen-bond acceptors (Lipinski definition) is 16. The number of aryl methyl sites for hydroxylation is 1. The summed E-state index contributed by atoms with van der Waals surface area (Å²) >= 11 is 0. The Bertz CT molecular complexity index is 1680. The Hall–Kier alpha value is -3.85. The first-order valence-corrected chi connectivity index (χ1v) is 15.7. The molecule has 256 valence electrons. The van der Waals surface area contributed by atoms with E-state index >= 15 is 0 Å². The predicted molar refractivity (Wildman–Crippen MR) is 157 cm³/mol. The largest absolute Gasteiger partial charge is 0.501 e. The first-order chi connectivity index (χ1) is 22.4. The van der Waals surface area contributed by atoms with Crippen LogP contribution in [0.15, 0.2) is 59.5 Å². The summed E-state index contributed by atoms with van der Waals surface area (Å²) in [4.78, 5) is 16.5. The molecule has 0 aliphatic carbocycles. The second-order valence-electron chi connectivity index (χ2n) is 10.8. The number of hydrogen-bond donors (Lipinski definition) is 6. The fourth-order valence-electron chi connectivity index (χ4n) is 4.90. The van der Waals surface area contributed by atoms with E-state index in [1.54, 1.807) is 6.92 Å². The molecule has 6 N–H and O–H groups in total. The fourth-order valence-corrected chi connectivity index (χ4v) is 5.64. The van der Waals surface area contributed by atoms with Crippen molar-refractivity contribution >= 4 is 10.4 Å². The van der Waals surface area contributed by atoms with Crippen LogP contribution in [0.2, 0.25) is 0 Å². The maximum absolute atomic E-state index is 12.7. The van der Waals surface area contributed by atoms with Gasteiger partial charge in [-0.3, -0.25) is 4.57 Å². The van der Waals surface area contributed by atoms with Crippen molar-refractivity contribution in [1.82, 2.24) is 9.55 Å². The lowest BCUT2D eigenvalue weighted by atomic mass is 9.99. The van der Waals surface area contributed by atoms with Crippen molar-refractivity contribution in [3.05, 3.63) is 76.3 Å². The fraction of sp³-hybridized carbons (Fsp3) is 0.448. The molecule has 0 bridgehead atoms. The number of rotatable bonds is 12. The minimum absolute atomic E-state index is 0.0330. The number of aliphatic hydroxyl groups excluding tert-OH is 6. The molecule has 2 aliphatic rings. The molecule has 8 atom stereocenters. The first kappa shape index (κ1) is 34.5. The molecule has 0 saturated carbocycles. The summed E-state index contributed by atoms with van der Waals surface area (Å²) in [5, 5.41) is 58.9. The van der Waals surface area contributed by atoms with E-state index in [0.717, 1.165) is 0 Å². The smallest absolute Gasteiger partial charge is 0.472 e. The lowest BCUT2D eigenvalue weighted by Crippen LogP contribution is -2.60. The number of aromatic nitrogens is 2. The molecule has 17 nitrogen and oxygen atoms in total. The minimum Gasteiger partial charge on any atom is -0.472 e. The van der Waals surface area contributed by atoms with E-state index in [9.17, 15) is 43.9 Å². The van der Waals surface area contributed by atoms with Gasteiger partial charge in [-0.25, -0.2) is 4.79 Å². The summed E-state index contributed by atoms with van der Waals surface area (Å²) < 4.78 is 58.8. The molecule has 0 radical (unpaired) electrons. The molecule has 47 heavy (non-hydrogen) atoms. The summed E-state index contributed by atoms with van der Waals surface area (Å²) in [6, 6.07) is 11.2. The zero-order valence-corrected chi connectivity index (χ0v) is 25.6. The van der Waals surface area contributed by atoms with E-state index in [1.165, 1.54) is 59.3 Å². The molecule has 0 amide bonds. The van der Waals surface area contributed by atoms with Gasteiger partial charge in [-0.05, 0) is 36.8 Å². The van der Waals surface area contributed by atoms with Gasteiger partial charge < -0.3 is 58.0 Å². The Morgan fingerprint density at radius 1 is 0.894 bits per heavy atom. The second kappa shape index (κ2) is 14.5. The highest BCUT2D eigenvalue weighted by Crippen LogP contribution is 2.33. The number of para-hydroxylation sites is 2. The molecule has 2 saturated heterocycles.